The van der Waals surface area contributed by atoms with E-state index in [1.807, 2.05) is 30.0 Å². The van der Waals surface area contributed by atoms with Crippen LogP contribution in [0.3, 0.4) is 0 Å². The Morgan fingerprint density at radius 3 is 2.74 bits per heavy atom. The second-order valence-corrected chi connectivity index (χ2v) is 8.30. The van der Waals surface area contributed by atoms with Crippen molar-refractivity contribution in [2.75, 3.05) is 37.7 Å². The van der Waals surface area contributed by atoms with Gasteiger partial charge in [-0.25, -0.2) is 0 Å². The van der Waals surface area contributed by atoms with Gasteiger partial charge < -0.3 is 15.2 Å². The molecule has 1 atom stereocenters. The zero-order chi connectivity index (χ0) is 18.9. The molecule has 4 nitrogen and oxygen atoms in total. The number of hydrogen-bond acceptors (Lipinski definition) is 5. The predicted molar refractivity (Wildman–Crippen MR) is 113 cm³/mol. The summed E-state index contributed by atoms with van der Waals surface area (Å²) in [5.41, 5.74) is 3.68. The standard InChI is InChI=1S/C22H30N2O2S/c1-18-5-4-6-19(13-18)14-23-15-20-7-2-3-8-22(20)26-17-21(25)16-24-9-11-27-12-10-24/h2-8,13,21,23,25H,9-12,14-17H2,1H3. The third kappa shape index (κ3) is 6.85. The predicted octanol–water partition coefficient (Wildman–Crippen LogP) is 3.07. The topological polar surface area (TPSA) is 44.7 Å². The normalized spacial score (nSPS) is 16.2. The maximum atomic E-state index is 10.3. The molecule has 1 fully saturated rings. The summed E-state index contributed by atoms with van der Waals surface area (Å²) in [5.74, 6) is 3.16. The minimum Gasteiger partial charge on any atom is -0.491 e. The molecular weight excluding hydrogens is 356 g/mol. The maximum absolute atomic E-state index is 10.3. The van der Waals surface area contributed by atoms with Crippen molar-refractivity contribution < 1.29 is 9.84 Å². The molecule has 0 spiro atoms. The van der Waals surface area contributed by atoms with Crippen LogP contribution in [-0.4, -0.2) is 53.9 Å². The van der Waals surface area contributed by atoms with E-state index >= 15 is 0 Å². The smallest absolute Gasteiger partial charge is 0.123 e. The molecule has 1 aliphatic heterocycles. The average molecular weight is 387 g/mol. The number of hydrogen-bond donors (Lipinski definition) is 2. The number of nitrogens with one attached hydrogen (secondary N) is 1. The summed E-state index contributed by atoms with van der Waals surface area (Å²) < 4.78 is 5.94. The first-order chi connectivity index (χ1) is 13.2. The molecule has 3 rings (SSSR count). The molecule has 1 saturated heterocycles. The Labute approximate surface area is 166 Å². The largest absolute Gasteiger partial charge is 0.491 e. The Kier molecular flexibility index (Phi) is 8.02. The van der Waals surface area contributed by atoms with Crippen LogP contribution in [0, 0.1) is 6.92 Å². The molecule has 0 saturated carbocycles. The van der Waals surface area contributed by atoms with Gasteiger partial charge in [-0.2, -0.15) is 11.8 Å². The quantitative estimate of drug-likeness (QED) is 0.693. The SMILES string of the molecule is Cc1cccc(CNCc2ccccc2OCC(O)CN2CCSCC2)c1. The number of aliphatic hydroxyl groups excluding tert-OH is 1. The molecule has 2 aromatic rings. The Hall–Kier alpha value is -1.53. The number of thioether (sulfide) groups is 1. The summed E-state index contributed by atoms with van der Waals surface area (Å²) in [7, 11) is 0. The van der Waals surface area contributed by atoms with E-state index in [0.29, 0.717) is 13.2 Å². The molecule has 1 unspecified atom stereocenters. The second kappa shape index (κ2) is 10.7. The minimum atomic E-state index is -0.457. The fourth-order valence-corrected chi connectivity index (χ4v) is 4.25. The number of aryl methyl sites for hydroxylation is 1. The van der Waals surface area contributed by atoms with Gasteiger partial charge in [0, 0.05) is 49.8 Å². The first-order valence-electron chi connectivity index (χ1n) is 9.66. The lowest BCUT2D eigenvalue weighted by Crippen LogP contribution is -2.40. The van der Waals surface area contributed by atoms with Crippen molar-refractivity contribution in [2.45, 2.75) is 26.1 Å². The van der Waals surface area contributed by atoms with E-state index in [0.717, 1.165) is 49.0 Å². The van der Waals surface area contributed by atoms with Gasteiger partial charge in [-0.1, -0.05) is 48.0 Å². The van der Waals surface area contributed by atoms with Crippen LogP contribution in [0.25, 0.3) is 0 Å². The van der Waals surface area contributed by atoms with E-state index in [1.54, 1.807) is 0 Å². The fraction of sp³-hybridized carbons (Fsp3) is 0.455. The molecule has 5 heteroatoms. The summed E-state index contributed by atoms with van der Waals surface area (Å²) in [6.45, 7) is 6.81. The summed E-state index contributed by atoms with van der Waals surface area (Å²) >= 11 is 1.98. The fourth-order valence-electron chi connectivity index (χ4n) is 3.27. The molecule has 2 N–H and O–H groups in total. The van der Waals surface area contributed by atoms with E-state index < -0.39 is 6.10 Å². The van der Waals surface area contributed by atoms with E-state index in [9.17, 15) is 5.11 Å². The lowest BCUT2D eigenvalue weighted by atomic mass is 10.1. The molecule has 27 heavy (non-hydrogen) atoms. The number of β-amino-alcohol motifs (C(OH)–C–C–N with tert-alkyl or cyclic N) is 1. The van der Waals surface area contributed by atoms with E-state index in [1.165, 1.54) is 11.1 Å². The first-order valence-corrected chi connectivity index (χ1v) is 10.8. The van der Waals surface area contributed by atoms with E-state index in [-0.39, 0.29) is 0 Å². The third-order valence-electron chi connectivity index (χ3n) is 4.70. The molecule has 1 heterocycles. The number of rotatable bonds is 9. The summed E-state index contributed by atoms with van der Waals surface area (Å²) in [4.78, 5) is 2.32. The minimum absolute atomic E-state index is 0.332. The molecule has 146 valence electrons. The number of para-hydroxylation sites is 1. The molecule has 2 aromatic carbocycles. The average Bonchev–Trinajstić information content (AvgIpc) is 2.68. The molecule has 0 radical (unpaired) electrons. The number of aliphatic hydroxyl groups is 1. The van der Waals surface area contributed by atoms with Gasteiger partial charge in [0.2, 0.25) is 0 Å². The van der Waals surface area contributed by atoms with Crippen LogP contribution in [-0.2, 0) is 13.1 Å². The Morgan fingerprint density at radius 1 is 1.11 bits per heavy atom. The third-order valence-corrected chi connectivity index (χ3v) is 5.65. The Balaban J connectivity index is 1.46. The lowest BCUT2D eigenvalue weighted by Gasteiger charge is -2.28. The van der Waals surface area contributed by atoms with Gasteiger partial charge in [-0.05, 0) is 18.6 Å². The molecule has 0 aromatic heterocycles. The highest BCUT2D eigenvalue weighted by Gasteiger charge is 2.15. The Morgan fingerprint density at radius 2 is 1.93 bits per heavy atom. The molecule has 0 amide bonds. The molecule has 1 aliphatic rings. The van der Waals surface area contributed by atoms with Crippen LogP contribution in [0.2, 0.25) is 0 Å². The van der Waals surface area contributed by atoms with Crippen LogP contribution >= 0.6 is 11.8 Å². The number of benzene rings is 2. The summed E-state index contributed by atoms with van der Waals surface area (Å²) in [6, 6.07) is 16.6. The van der Waals surface area contributed by atoms with Crippen LogP contribution < -0.4 is 10.1 Å². The van der Waals surface area contributed by atoms with Crippen molar-refractivity contribution >= 4 is 11.8 Å². The van der Waals surface area contributed by atoms with E-state index in [2.05, 4.69) is 47.5 Å². The van der Waals surface area contributed by atoms with Crippen LogP contribution in [0.4, 0.5) is 0 Å². The second-order valence-electron chi connectivity index (χ2n) is 7.08. The van der Waals surface area contributed by atoms with Crippen LogP contribution in [0.5, 0.6) is 5.75 Å². The van der Waals surface area contributed by atoms with Gasteiger partial charge in [-0.15, -0.1) is 0 Å². The van der Waals surface area contributed by atoms with Gasteiger partial charge in [-0.3, -0.25) is 4.90 Å². The number of nitrogens with zero attached hydrogens (tertiary/aromatic N) is 1. The monoisotopic (exact) mass is 386 g/mol. The highest BCUT2D eigenvalue weighted by atomic mass is 32.2. The summed E-state index contributed by atoms with van der Waals surface area (Å²) in [5, 5.41) is 13.8. The zero-order valence-corrected chi connectivity index (χ0v) is 16.9. The highest BCUT2D eigenvalue weighted by molar-refractivity contribution is 7.99. The zero-order valence-electron chi connectivity index (χ0n) is 16.1. The van der Waals surface area contributed by atoms with Gasteiger partial charge in [0.1, 0.15) is 18.5 Å². The van der Waals surface area contributed by atoms with Crippen molar-refractivity contribution in [3.8, 4) is 5.75 Å². The van der Waals surface area contributed by atoms with Crippen molar-refractivity contribution in [3.63, 3.8) is 0 Å². The van der Waals surface area contributed by atoms with Gasteiger partial charge in [0.05, 0.1) is 0 Å². The number of ether oxygens (including phenoxy) is 1. The van der Waals surface area contributed by atoms with Gasteiger partial charge in [0.15, 0.2) is 0 Å². The van der Waals surface area contributed by atoms with Crippen molar-refractivity contribution in [3.05, 3.63) is 65.2 Å². The first kappa shape index (κ1) is 20.2. The molecule has 0 aliphatic carbocycles. The summed E-state index contributed by atoms with van der Waals surface area (Å²) in [6.07, 6.45) is -0.457. The maximum Gasteiger partial charge on any atom is 0.123 e. The molecule has 0 bridgehead atoms. The molecular formula is C22H30N2O2S. The van der Waals surface area contributed by atoms with Crippen molar-refractivity contribution in [1.82, 2.24) is 10.2 Å². The highest BCUT2D eigenvalue weighted by Crippen LogP contribution is 2.18. The van der Waals surface area contributed by atoms with Crippen LogP contribution in [0.15, 0.2) is 48.5 Å². The van der Waals surface area contributed by atoms with E-state index in [4.69, 9.17) is 4.74 Å². The van der Waals surface area contributed by atoms with Crippen LogP contribution in [0.1, 0.15) is 16.7 Å². The van der Waals surface area contributed by atoms with Crippen molar-refractivity contribution in [2.24, 2.45) is 0 Å². The van der Waals surface area contributed by atoms with Crippen molar-refractivity contribution in [1.29, 1.82) is 0 Å². The lowest BCUT2D eigenvalue weighted by molar-refractivity contribution is 0.0711. The Bertz CT molecular complexity index is 704. The van der Waals surface area contributed by atoms with Gasteiger partial charge in [0.25, 0.3) is 0 Å². The van der Waals surface area contributed by atoms with Gasteiger partial charge >= 0.3 is 0 Å².